The van der Waals surface area contributed by atoms with Crippen LogP contribution in [0.1, 0.15) is 0 Å². The van der Waals surface area contributed by atoms with Crippen LogP contribution in [0.2, 0.25) is 0 Å². The van der Waals surface area contributed by atoms with E-state index in [1.54, 1.807) is 0 Å². The molecule has 0 aliphatic heterocycles. The lowest BCUT2D eigenvalue weighted by atomic mass is 9.98. The van der Waals surface area contributed by atoms with Gasteiger partial charge in [0.15, 0.2) is 0 Å². The molecule has 0 atom stereocenters. The summed E-state index contributed by atoms with van der Waals surface area (Å²) in [7, 11) is 0. The third kappa shape index (κ3) is 4.50. The minimum Gasteiger partial charge on any atom is -0.309 e. The van der Waals surface area contributed by atoms with Gasteiger partial charge >= 0.3 is 0 Å². The molecule has 0 aliphatic carbocycles. The fraction of sp³-hybridized carbons (Fsp3) is 0. The third-order valence-corrected chi connectivity index (χ3v) is 10.1. The Labute approximate surface area is 290 Å². The normalized spacial score (nSPS) is 11.6. The van der Waals surface area contributed by atoms with Gasteiger partial charge in [0.1, 0.15) is 0 Å². The molecule has 8 aromatic carbocycles. The maximum atomic E-state index is 2.47. The predicted molar refractivity (Wildman–Crippen MR) is 211 cm³/mol. The number of hydrogen-bond donors (Lipinski definition) is 0. The Balaban J connectivity index is 1.32. The lowest BCUT2D eigenvalue weighted by Crippen LogP contribution is -1.96. The van der Waals surface area contributed by atoms with Crippen LogP contribution in [0.15, 0.2) is 194 Å². The van der Waals surface area contributed by atoms with Crippen molar-refractivity contribution in [2.45, 2.75) is 0 Å². The first-order chi connectivity index (χ1) is 24.8. The minimum absolute atomic E-state index is 1.15. The summed E-state index contributed by atoms with van der Waals surface area (Å²) in [6, 6.07) is 70.4. The Morgan fingerprint density at radius 3 is 1.28 bits per heavy atom. The zero-order chi connectivity index (χ0) is 33.0. The standard InChI is InChI=1S/C48H32N2/c1-5-15-33(16-6-1)36-25-26-42-46(32-36)49(39-21-11-4-12-22-39)44-27-28-45-47(48(42)44)41-23-13-14-24-43(41)50(45)40-30-37(34-17-7-2-8-18-34)29-38(31-40)35-19-9-3-10-20-35/h1-32H. The lowest BCUT2D eigenvalue weighted by Gasteiger charge is -2.14. The van der Waals surface area contributed by atoms with Gasteiger partial charge in [0.05, 0.1) is 22.1 Å². The number of nitrogens with zero attached hydrogens (tertiary/aromatic N) is 2. The van der Waals surface area contributed by atoms with Gasteiger partial charge in [-0.15, -0.1) is 0 Å². The van der Waals surface area contributed by atoms with Gasteiger partial charge < -0.3 is 9.13 Å². The van der Waals surface area contributed by atoms with Crippen molar-refractivity contribution in [3.05, 3.63) is 194 Å². The topological polar surface area (TPSA) is 9.86 Å². The molecule has 2 nitrogen and oxygen atoms in total. The van der Waals surface area contributed by atoms with Gasteiger partial charge in [-0.05, 0) is 88.0 Å². The smallest absolute Gasteiger partial charge is 0.0548 e. The van der Waals surface area contributed by atoms with Crippen molar-refractivity contribution in [3.8, 4) is 44.8 Å². The van der Waals surface area contributed by atoms with Crippen LogP contribution in [0.3, 0.4) is 0 Å². The Bertz CT molecular complexity index is 2770. The van der Waals surface area contributed by atoms with Crippen molar-refractivity contribution in [1.82, 2.24) is 9.13 Å². The average Bonchev–Trinajstić information content (AvgIpc) is 3.71. The van der Waals surface area contributed by atoms with Crippen LogP contribution in [-0.4, -0.2) is 9.13 Å². The van der Waals surface area contributed by atoms with Crippen molar-refractivity contribution in [3.63, 3.8) is 0 Å². The van der Waals surface area contributed by atoms with Crippen LogP contribution in [0.5, 0.6) is 0 Å². The molecule has 0 bridgehead atoms. The fourth-order valence-electron chi connectivity index (χ4n) is 7.84. The summed E-state index contributed by atoms with van der Waals surface area (Å²) in [5.74, 6) is 0. The van der Waals surface area contributed by atoms with E-state index in [4.69, 9.17) is 0 Å². The van der Waals surface area contributed by atoms with Gasteiger partial charge in [-0.1, -0.05) is 140 Å². The van der Waals surface area contributed by atoms with E-state index in [9.17, 15) is 0 Å². The van der Waals surface area contributed by atoms with E-state index in [0.29, 0.717) is 0 Å². The van der Waals surface area contributed by atoms with E-state index in [2.05, 4.69) is 203 Å². The number of rotatable bonds is 5. The van der Waals surface area contributed by atoms with E-state index in [1.807, 2.05) is 0 Å². The quantitative estimate of drug-likeness (QED) is 0.178. The van der Waals surface area contributed by atoms with Gasteiger partial charge in [0, 0.05) is 32.9 Å². The molecular weight excluding hydrogens is 605 g/mol. The number of para-hydroxylation sites is 2. The summed E-state index contributed by atoms with van der Waals surface area (Å²) >= 11 is 0. The summed E-state index contributed by atoms with van der Waals surface area (Å²) in [5.41, 5.74) is 14.3. The molecule has 2 heterocycles. The van der Waals surface area contributed by atoms with Crippen LogP contribution in [-0.2, 0) is 0 Å². The number of benzene rings is 8. The molecule has 0 spiro atoms. The molecule has 0 saturated carbocycles. The molecule has 0 radical (unpaired) electrons. The highest BCUT2D eigenvalue weighted by Gasteiger charge is 2.21. The molecule has 0 fully saturated rings. The summed E-state index contributed by atoms with van der Waals surface area (Å²) in [6.45, 7) is 0. The van der Waals surface area contributed by atoms with E-state index in [1.165, 1.54) is 77.0 Å². The maximum absolute atomic E-state index is 2.47. The first-order valence-corrected chi connectivity index (χ1v) is 17.2. The molecular formula is C48H32N2. The molecule has 10 aromatic rings. The van der Waals surface area contributed by atoms with E-state index in [0.717, 1.165) is 11.4 Å². The highest BCUT2D eigenvalue weighted by molar-refractivity contribution is 6.29. The first-order valence-electron chi connectivity index (χ1n) is 17.2. The highest BCUT2D eigenvalue weighted by atomic mass is 15.0. The van der Waals surface area contributed by atoms with E-state index < -0.39 is 0 Å². The van der Waals surface area contributed by atoms with Gasteiger partial charge in [-0.3, -0.25) is 0 Å². The Kier molecular flexibility index (Phi) is 6.53. The second kappa shape index (κ2) is 11.5. The highest BCUT2D eigenvalue weighted by Crippen LogP contribution is 2.44. The van der Waals surface area contributed by atoms with E-state index in [-0.39, 0.29) is 0 Å². The second-order valence-corrected chi connectivity index (χ2v) is 13.0. The SMILES string of the molecule is c1ccc(-c2cc(-c3ccccc3)cc(-n3c4ccccc4c4c5c6ccc(-c7ccccc7)cc6n(-c6ccccc6)c5ccc43)c2)cc1. The molecule has 0 saturated heterocycles. The number of aromatic nitrogens is 2. The molecule has 0 N–H and O–H groups in total. The van der Waals surface area contributed by atoms with Crippen molar-refractivity contribution in [2.24, 2.45) is 0 Å². The minimum atomic E-state index is 1.15. The van der Waals surface area contributed by atoms with Crippen LogP contribution >= 0.6 is 0 Å². The zero-order valence-electron chi connectivity index (χ0n) is 27.4. The van der Waals surface area contributed by atoms with Gasteiger partial charge in [-0.25, -0.2) is 0 Å². The van der Waals surface area contributed by atoms with Gasteiger partial charge in [0.25, 0.3) is 0 Å². The van der Waals surface area contributed by atoms with Crippen LogP contribution in [0.25, 0.3) is 88.4 Å². The van der Waals surface area contributed by atoms with Crippen molar-refractivity contribution in [2.75, 3.05) is 0 Å². The van der Waals surface area contributed by atoms with Crippen molar-refractivity contribution >= 4 is 43.6 Å². The van der Waals surface area contributed by atoms with Crippen molar-refractivity contribution in [1.29, 1.82) is 0 Å². The van der Waals surface area contributed by atoms with E-state index >= 15 is 0 Å². The van der Waals surface area contributed by atoms with Crippen LogP contribution in [0.4, 0.5) is 0 Å². The lowest BCUT2D eigenvalue weighted by molar-refractivity contribution is 1.17. The average molecular weight is 637 g/mol. The van der Waals surface area contributed by atoms with Crippen LogP contribution < -0.4 is 0 Å². The summed E-state index contributed by atoms with van der Waals surface area (Å²) in [4.78, 5) is 0. The maximum Gasteiger partial charge on any atom is 0.0548 e. The molecule has 50 heavy (non-hydrogen) atoms. The summed E-state index contributed by atoms with van der Waals surface area (Å²) < 4.78 is 4.90. The fourth-order valence-corrected chi connectivity index (χ4v) is 7.84. The molecule has 0 amide bonds. The Morgan fingerprint density at radius 2 is 0.700 bits per heavy atom. The summed E-state index contributed by atoms with van der Waals surface area (Å²) in [6.07, 6.45) is 0. The molecule has 2 aromatic heterocycles. The molecule has 0 aliphatic rings. The Morgan fingerprint density at radius 1 is 0.240 bits per heavy atom. The summed E-state index contributed by atoms with van der Waals surface area (Å²) in [5, 5.41) is 5.05. The molecule has 2 heteroatoms. The molecule has 234 valence electrons. The zero-order valence-corrected chi connectivity index (χ0v) is 27.4. The van der Waals surface area contributed by atoms with Crippen molar-refractivity contribution < 1.29 is 0 Å². The Hall–Kier alpha value is -6.64. The van der Waals surface area contributed by atoms with Crippen LogP contribution in [0, 0.1) is 0 Å². The third-order valence-electron chi connectivity index (χ3n) is 10.1. The largest absolute Gasteiger partial charge is 0.309 e. The monoisotopic (exact) mass is 636 g/mol. The number of hydrogen-bond acceptors (Lipinski definition) is 0. The van der Waals surface area contributed by atoms with Gasteiger partial charge in [0.2, 0.25) is 0 Å². The first kappa shape index (κ1) is 28.4. The second-order valence-electron chi connectivity index (χ2n) is 13.0. The predicted octanol–water partition coefficient (Wildman–Crippen LogP) is 12.9. The number of fused-ring (bicyclic) bond motifs is 7. The van der Waals surface area contributed by atoms with Gasteiger partial charge in [-0.2, -0.15) is 0 Å². The molecule has 10 rings (SSSR count). The molecule has 0 unspecified atom stereocenters.